The predicted octanol–water partition coefficient (Wildman–Crippen LogP) is 1.40. The first-order valence-corrected chi connectivity index (χ1v) is 5.60. The summed E-state index contributed by atoms with van der Waals surface area (Å²) in [5.74, 6) is 0.807. The first-order valence-electron chi connectivity index (χ1n) is 5.60. The molecule has 0 saturated carbocycles. The standard InChI is InChI=1S/C11H19N3O2/c1-3-16-8-4-5-10(15)14-9(2)11-12-6-7-13-11/h6-7,9H,3-5,8H2,1-2H3,(H,12,13)(H,14,15). The SMILES string of the molecule is CCOCCCC(=O)NC(C)c1ncc[nH]1. The fraction of sp³-hybridized carbons (Fsp3) is 0.636. The number of aromatic amines is 1. The van der Waals surface area contributed by atoms with Gasteiger partial charge in [0, 0.05) is 32.0 Å². The molecule has 1 atom stereocenters. The largest absolute Gasteiger partial charge is 0.382 e. The van der Waals surface area contributed by atoms with Crippen LogP contribution in [-0.4, -0.2) is 29.1 Å². The molecule has 0 spiro atoms. The van der Waals surface area contributed by atoms with Crippen molar-refractivity contribution in [1.82, 2.24) is 15.3 Å². The summed E-state index contributed by atoms with van der Waals surface area (Å²) in [5.41, 5.74) is 0. The third-order valence-electron chi connectivity index (χ3n) is 2.20. The van der Waals surface area contributed by atoms with Crippen LogP contribution in [0.2, 0.25) is 0 Å². The summed E-state index contributed by atoms with van der Waals surface area (Å²) in [6.07, 6.45) is 4.66. The van der Waals surface area contributed by atoms with Crippen LogP contribution in [0.5, 0.6) is 0 Å². The van der Waals surface area contributed by atoms with E-state index in [-0.39, 0.29) is 11.9 Å². The van der Waals surface area contributed by atoms with Crippen molar-refractivity contribution in [3.8, 4) is 0 Å². The molecule has 2 N–H and O–H groups in total. The van der Waals surface area contributed by atoms with Crippen molar-refractivity contribution >= 4 is 5.91 Å². The van der Waals surface area contributed by atoms with Crippen LogP contribution in [0.3, 0.4) is 0 Å². The Bertz CT molecular complexity index is 298. The van der Waals surface area contributed by atoms with Gasteiger partial charge in [-0.25, -0.2) is 4.98 Å². The van der Waals surface area contributed by atoms with Gasteiger partial charge in [0.15, 0.2) is 0 Å². The lowest BCUT2D eigenvalue weighted by atomic mass is 10.2. The van der Waals surface area contributed by atoms with E-state index in [9.17, 15) is 4.79 Å². The highest BCUT2D eigenvalue weighted by Gasteiger charge is 2.10. The van der Waals surface area contributed by atoms with Gasteiger partial charge in [0.25, 0.3) is 0 Å². The van der Waals surface area contributed by atoms with Gasteiger partial charge in [0.05, 0.1) is 6.04 Å². The fourth-order valence-electron chi connectivity index (χ4n) is 1.38. The smallest absolute Gasteiger partial charge is 0.220 e. The molecule has 1 aromatic rings. The van der Waals surface area contributed by atoms with Crippen molar-refractivity contribution in [1.29, 1.82) is 0 Å². The van der Waals surface area contributed by atoms with Crippen molar-refractivity contribution in [3.63, 3.8) is 0 Å². The molecule has 5 nitrogen and oxygen atoms in total. The second kappa shape index (κ2) is 7.00. The molecule has 90 valence electrons. The predicted molar refractivity (Wildman–Crippen MR) is 60.9 cm³/mol. The normalized spacial score (nSPS) is 12.4. The van der Waals surface area contributed by atoms with Crippen molar-refractivity contribution in [3.05, 3.63) is 18.2 Å². The highest BCUT2D eigenvalue weighted by atomic mass is 16.5. The number of nitrogens with one attached hydrogen (secondary N) is 2. The van der Waals surface area contributed by atoms with Crippen LogP contribution in [0.4, 0.5) is 0 Å². The quantitative estimate of drug-likeness (QED) is 0.689. The first-order chi connectivity index (χ1) is 7.74. The maximum atomic E-state index is 11.5. The fourth-order valence-corrected chi connectivity index (χ4v) is 1.38. The van der Waals surface area contributed by atoms with Crippen LogP contribution < -0.4 is 5.32 Å². The molecule has 0 fully saturated rings. The molecule has 0 aliphatic rings. The number of hydrogen-bond acceptors (Lipinski definition) is 3. The number of aromatic nitrogens is 2. The monoisotopic (exact) mass is 225 g/mol. The average Bonchev–Trinajstić information content (AvgIpc) is 2.77. The molecule has 0 bridgehead atoms. The van der Waals surface area contributed by atoms with E-state index in [1.165, 1.54) is 0 Å². The lowest BCUT2D eigenvalue weighted by molar-refractivity contribution is -0.122. The van der Waals surface area contributed by atoms with Gasteiger partial charge in [-0.1, -0.05) is 0 Å². The molecule has 0 aliphatic carbocycles. The Labute approximate surface area is 95.6 Å². The van der Waals surface area contributed by atoms with Gasteiger partial charge in [0.2, 0.25) is 5.91 Å². The van der Waals surface area contributed by atoms with Crippen LogP contribution in [-0.2, 0) is 9.53 Å². The summed E-state index contributed by atoms with van der Waals surface area (Å²) in [6.45, 7) is 5.18. The number of nitrogens with zero attached hydrogens (tertiary/aromatic N) is 1. The summed E-state index contributed by atoms with van der Waals surface area (Å²) in [4.78, 5) is 18.6. The Kier molecular flexibility index (Phi) is 5.56. The number of H-pyrrole nitrogens is 1. The average molecular weight is 225 g/mol. The second-order valence-corrected chi connectivity index (χ2v) is 3.56. The van der Waals surface area contributed by atoms with Gasteiger partial charge in [-0.3, -0.25) is 4.79 Å². The third-order valence-corrected chi connectivity index (χ3v) is 2.20. The van der Waals surface area contributed by atoms with E-state index in [4.69, 9.17) is 4.74 Å². The molecular weight excluding hydrogens is 206 g/mol. The number of carbonyl (C=O) groups is 1. The molecule has 5 heteroatoms. The Morgan fingerprint density at radius 3 is 3.12 bits per heavy atom. The number of ether oxygens (including phenoxy) is 1. The third kappa shape index (κ3) is 4.44. The Balaban J connectivity index is 2.19. The second-order valence-electron chi connectivity index (χ2n) is 3.56. The summed E-state index contributed by atoms with van der Waals surface area (Å²) in [6, 6.07) is -0.0745. The lowest BCUT2D eigenvalue weighted by Crippen LogP contribution is -2.27. The molecule has 1 amide bonds. The van der Waals surface area contributed by atoms with Crippen LogP contribution >= 0.6 is 0 Å². The molecule has 0 aliphatic heterocycles. The molecule has 16 heavy (non-hydrogen) atoms. The first kappa shape index (κ1) is 12.7. The zero-order chi connectivity index (χ0) is 11.8. The summed E-state index contributed by atoms with van der Waals surface area (Å²) in [7, 11) is 0. The lowest BCUT2D eigenvalue weighted by Gasteiger charge is -2.11. The zero-order valence-corrected chi connectivity index (χ0v) is 9.82. The van der Waals surface area contributed by atoms with Crippen LogP contribution in [0, 0.1) is 0 Å². The number of carbonyl (C=O) groups excluding carboxylic acids is 1. The van der Waals surface area contributed by atoms with E-state index >= 15 is 0 Å². The van der Waals surface area contributed by atoms with E-state index in [1.807, 2.05) is 13.8 Å². The van der Waals surface area contributed by atoms with E-state index in [0.29, 0.717) is 19.6 Å². The number of amides is 1. The summed E-state index contributed by atoms with van der Waals surface area (Å²) < 4.78 is 5.16. The Morgan fingerprint density at radius 2 is 2.50 bits per heavy atom. The molecule has 1 heterocycles. The van der Waals surface area contributed by atoms with Crippen molar-refractivity contribution in [2.24, 2.45) is 0 Å². The van der Waals surface area contributed by atoms with Gasteiger partial charge in [-0.05, 0) is 20.3 Å². The van der Waals surface area contributed by atoms with Gasteiger partial charge in [0.1, 0.15) is 5.82 Å². The van der Waals surface area contributed by atoms with Crippen LogP contribution in [0.15, 0.2) is 12.4 Å². The van der Waals surface area contributed by atoms with E-state index in [0.717, 1.165) is 12.2 Å². The van der Waals surface area contributed by atoms with Crippen molar-refractivity contribution in [2.75, 3.05) is 13.2 Å². The van der Waals surface area contributed by atoms with Crippen LogP contribution in [0.1, 0.15) is 38.6 Å². The molecule has 0 radical (unpaired) electrons. The number of imidazole rings is 1. The maximum Gasteiger partial charge on any atom is 0.220 e. The Hall–Kier alpha value is -1.36. The highest BCUT2D eigenvalue weighted by Crippen LogP contribution is 2.05. The van der Waals surface area contributed by atoms with E-state index < -0.39 is 0 Å². The molecule has 1 rings (SSSR count). The highest BCUT2D eigenvalue weighted by molar-refractivity contribution is 5.76. The topological polar surface area (TPSA) is 67.0 Å². The van der Waals surface area contributed by atoms with Crippen molar-refractivity contribution < 1.29 is 9.53 Å². The maximum absolute atomic E-state index is 11.5. The molecular formula is C11H19N3O2. The van der Waals surface area contributed by atoms with Gasteiger partial charge >= 0.3 is 0 Å². The number of hydrogen-bond donors (Lipinski definition) is 2. The minimum atomic E-state index is -0.0745. The van der Waals surface area contributed by atoms with E-state index in [2.05, 4.69) is 15.3 Å². The van der Waals surface area contributed by atoms with Gasteiger partial charge < -0.3 is 15.0 Å². The summed E-state index contributed by atoms with van der Waals surface area (Å²) >= 11 is 0. The summed E-state index contributed by atoms with van der Waals surface area (Å²) in [5, 5.41) is 2.87. The van der Waals surface area contributed by atoms with Gasteiger partial charge in [-0.2, -0.15) is 0 Å². The zero-order valence-electron chi connectivity index (χ0n) is 9.82. The molecule has 0 saturated heterocycles. The molecule has 0 aromatic carbocycles. The Morgan fingerprint density at radius 1 is 1.69 bits per heavy atom. The van der Waals surface area contributed by atoms with Crippen LogP contribution in [0.25, 0.3) is 0 Å². The molecule has 1 unspecified atom stereocenters. The minimum Gasteiger partial charge on any atom is -0.382 e. The van der Waals surface area contributed by atoms with Crippen molar-refractivity contribution in [2.45, 2.75) is 32.7 Å². The van der Waals surface area contributed by atoms with Gasteiger partial charge in [-0.15, -0.1) is 0 Å². The minimum absolute atomic E-state index is 0.0311. The molecule has 1 aromatic heterocycles. The number of rotatable bonds is 7. The van der Waals surface area contributed by atoms with E-state index in [1.54, 1.807) is 12.4 Å².